The van der Waals surface area contributed by atoms with E-state index in [1.165, 1.54) is 5.56 Å². The van der Waals surface area contributed by atoms with Gasteiger partial charge in [0, 0.05) is 18.8 Å². The van der Waals surface area contributed by atoms with Crippen LogP contribution in [0.15, 0.2) is 48.8 Å². The molecule has 0 N–H and O–H groups in total. The standard InChI is InChI=1S/C14H12N2/c1-2-7-13(8-3-1)9-4-5-10-14-15-11-6-12-16-14/h1-3,6-8,11-12H,4,9H2. The average molecular weight is 208 g/mol. The molecule has 0 saturated heterocycles. The number of rotatable bonds is 2. The third-order valence-electron chi connectivity index (χ3n) is 2.15. The summed E-state index contributed by atoms with van der Waals surface area (Å²) in [5.74, 6) is 6.61. The highest BCUT2D eigenvalue weighted by molar-refractivity contribution is 5.21. The van der Waals surface area contributed by atoms with Crippen LogP contribution in [0.2, 0.25) is 0 Å². The zero-order valence-corrected chi connectivity index (χ0v) is 8.93. The molecule has 0 fully saturated rings. The molecule has 1 heterocycles. The minimum atomic E-state index is 0.593. The molecule has 2 nitrogen and oxygen atoms in total. The van der Waals surface area contributed by atoms with Gasteiger partial charge in [-0.2, -0.15) is 0 Å². The van der Waals surface area contributed by atoms with Crippen LogP contribution in [0.3, 0.4) is 0 Å². The van der Waals surface area contributed by atoms with Gasteiger partial charge in [-0.25, -0.2) is 9.97 Å². The zero-order chi connectivity index (χ0) is 11.1. The van der Waals surface area contributed by atoms with E-state index in [4.69, 9.17) is 0 Å². The molecule has 0 aliphatic rings. The molecule has 0 bridgehead atoms. The molecule has 1 aromatic heterocycles. The maximum absolute atomic E-state index is 4.04. The summed E-state index contributed by atoms with van der Waals surface area (Å²) in [6, 6.07) is 12.1. The van der Waals surface area contributed by atoms with Crippen molar-refractivity contribution in [1.29, 1.82) is 0 Å². The minimum absolute atomic E-state index is 0.593. The first kappa shape index (κ1) is 10.4. The van der Waals surface area contributed by atoms with Crippen molar-refractivity contribution in [2.75, 3.05) is 0 Å². The van der Waals surface area contributed by atoms with Gasteiger partial charge in [-0.1, -0.05) is 36.3 Å². The van der Waals surface area contributed by atoms with Crippen molar-refractivity contribution in [1.82, 2.24) is 9.97 Å². The van der Waals surface area contributed by atoms with Crippen molar-refractivity contribution in [3.63, 3.8) is 0 Å². The first-order valence-corrected chi connectivity index (χ1v) is 5.25. The highest BCUT2D eigenvalue weighted by Crippen LogP contribution is 2.01. The Balaban J connectivity index is 1.87. The van der Waals surface area contributed by atoms with Crippen LogP contribution in [0.4, 0.5) is 0 Å². The van der Waals surface area contributed by atoms with Gasteiger partial charge in [0.2, 0.25) is 5.82 Å². The lowest BCUT2D eigenvalue weighted by atomic mass is 10.1. The summed E-state index contributed by atoms with van der Waals surface area (Å²) < 4.78 is 0. The van der Waals surface area contributed by atoms with Crippen LogP contribution >= 0.6 is 0 Å². The van der Waals surface area contributed by atoms with E-state index in [2.05, 4.69) is 33.9 Å². The predicted octanol–water partition coefficient (Wildman–Crippen LogP) is 2.46. The third kappa shape index (κ3) is 3.21. The molecule has 0 atom stereocenters. The second-order valence-electron chi connectivity index (χ2n) is 3.36. The number of aryl methyl sites for hydroxylation is 1. The van der Waals surface area contributed by atoms with Gasteiger partial charge < -0.3 is 0 Å². The smallest absolute Gasteiger partial charge is 0.204 e. The number of hydrogen-bond donors (Lipinski definition) is 0. The lowest BCUT2D eigenvalue weighted by Gasteiger charge is -1.94. The van der Waals surface area contributed by atoms with Crippen LogP contribution in [-0.4, -0.2) is 9.97 Å². The monoisotopic (exact) mass is 208 g/mol. The molecule has 0 aliphatic heterocycles. The second-order valence-corrected chi connectivity index (χ2v) is 3.36. The highest BCUT2D eigenvalue weighted by atomic mass is 14.8. The zero-order valence-electron chi connectivity index (χ0n) is 8.93. The van der Waals surface area contributed by atoms with Crippen molar-refractivity contribution in [2.45, 2.75) is 12.8 Å². The second kappa shape index (κ2) is 5.67. The Bertz CT molecular complexity index is 480. The van der Waals surface area contributed by atoms with Crippen LogP contribution in [0.5, 0.6) is 0 Å². The molecule has 0 unspecified atom stereocenters. The maximum Gasteiger partial charge on any atom is 0.204 e. The van der Waals surface area contributed by atoms with Crippen LogP contribution in [-0.2, 0) is 6.42 Å². The van der Waals surface area contributed by atoms with E-state index >= 15 is 0 Å². The van der Waals surface area contributed by atoms with Gasteiger partial charge in [-0.3, -0.25) is 0 Å². The van der Waals surface area contributed by atoms with Gasteiger partial charge in [-0.15, -0.1) is 0 Å². The SMILES string of the molecule is C(#Cc1ncccn1)CCc1ccccc1. The van der Waals surface area contributed by atoms with E-state index in [-0.39, 0.29) is 0 Å². The number of aromatic nitrogens is 2. The van der Waals surface area contributed by atoms with Crippen molar-refractivity contribution in [2.24, 2.45) is 0 Å². The van der Waals surface area contributed by atoms with Crippen LogP contribution in [0.1, 0.15) is 17.8 Å². The van der Waals surface area contributed by atoms with Gasteiger partial charge in [0.15, 0.2) is 0 Å². The molecular formula is C14H12N2. The Morgan fingerprint density at radius 3 is 2.44 bits per heavy atom. The first-order valence-electron chi connectivity index (χ1n) is 5.25. The van der Waals surface area contributed by atoms with Gasteiger partial charge in [0.25, 0.3) is 0 Å². The summed E-state index contributed by atoms with van der Waals surface area (Å²) >= 11 is 0. The van der Waals surface area contributed by atoms with Crippen molar-refractivity contribution >= 4 is 0 Å². The summed E-state index contributed by atoms with van der Waals surface area (Å²) in [4.78, 5) is 8.08. The van der Waals surface area contributed by atoms with Gasteiger partial charge in [0.05, 0.1) is 0 Å². The molecule has 0 radical (unpaired) electrons. The Morgan fingerprint density at radius 1 is 0.938 bits per heavy atom. The van der Waals surface area contributed by atoms with E-state index in [1.54, 1.807) is 18.5 Å². The van der Waals surface area contributed by atoms with Crippen molar-refractivity contribution in [3.8, 4) is 11.8 Å². The molecule has 0 saturated carbocycles. The molecular weight excluding hydrogens is 196 g/mol. The molecule has 0 amide bonds. The molecule has 2 heteroatoms. The van der Waals surface area contributed by atoms with Crippen LogP contribution < -0.4 is 0 Å². The topological polar surface area (TPSA) is 25.8 Å². The van der Waals surface area contributed by atoms with E-state index in [0.717, 1.165) is 12.8 Å². The normalized spacial score (nSPS) is 9.25. The molecule has 78 valence electrons. The van der Waals surface area contributed by atoms with E-state index < -0.39 is 0 Å². The fourth-order valence-electron chi connectivity index (χ4n) is 1.36. The Labute approximate surface area is 95.4 Å². The molecule has 16 heavy (non-hydrogen) atoms. The Hall–Kier alpha value is -2.14. The largest absolute Gasteiger partial charge is 0.229 e. The summed E-state index contributed by atoms with van der Waals surface area (Å²) in [5, 5.41) is 0. The molecule has 0 aliphatic carbocycles. The minimum Gasteiger partial charge on any atom is -0.229 e. The highest BCUT2D eigenvalue weighted by Gasteiger charge is 1.88. The fourth-order valence-corrected chi connectivity index (χ4v) is 1.36. The number of hydrogen-bond acceptors (Lipinski definition) is 2. The lowest BCUT2D eigenvalue weighted by Crippen LogP contribution is -1.85. The van der Waals surface area contributed by atoms with Crippen LogP contribution in [0.25, 0.3) is 0 Å². The predicted molar refractivity (Wildman–Crippen MR) is 63.7 cm³/mol. The Morgan fingerprint density at radius 2 is 1.69 bits per heavy atom. The van der Waals surface area contributed by atoms with Crippen LogP contribution in [0, 0.1) is 11.8 Å². The quantitative estimate of drug-likeness (QED) is 0.708. The summed E-state index contributed by atoms with van der Waals surface area (Å²) in [6.45, 7) is 0. The van der Waals surface area contributed by atoms with E-state index in [9.17, 15) is 0 Å². The summed E-state index contributed by atoms with van der Waals surface area (Å²) in [5.41, 5.74) is 1.31. The van der Waals surface area contributed by atoms with E-state index in [1.807, 2.05) is 18.2 Å². The first-order chi connectivity index (χ1) is 7.95. The summed E-state index contributed by atoms with van der Waals surface area (Å²) in [6.07, 6.45) is 5.21. The average Bonchev–Trinajstić information content (AvgIpc) is 2.37. The van der Waals surface area contributed by atoms with Gasteiger partial charge >= 0.3 is 0 Å². The van der Waals surface area contributed by atoms with Gasteiger partial charge in [0.1, 0.15) is 0 Å². The lowest BCUT2D eigenvalue weighted by molar-refractivity contribution is 1.03. The molecule has 2 aromatic rings. The fraction of sp³-hybridized carbons (Fsp3) is 0.143. The van der Waals surface area contributed by atoms with Crippen molar-refractivity contribution in [3.05, 3.63) is 60.2 Å². The third-order valence-corrected chi connectivity index (χ3v) is 2.15. The number of benzene rings is 1. The van der Waals surface area contributed by atoms with Crippen molar-refractivity contribution < 1.29 is 0 Å². The van der Waals surface area contributed by atoms with Gasteiger partial charge in [-0.05, 0) is 24.0 Å². The molecule has 1 aromatic carbocycles. The maximum atomic E-state index is 4.04. The summed E-state index contributed by atoms with van der Waals surface area (Å²) in [7, 11) is 0. The van der Waals surface area contributed by atoms with E-state index in [0.29, 0.717) is 5.82 Å². The molecule has 2 rings (SSSR count). The Kier molecular flexibility index (Phi) is 3.68. The number of nitrogens with zero attached hydrogens (tertiary/aromatic N) is 2. The molecule has 0 spiro atoms.